The van der Waals surface area contributed by atoms with Crippen LogP contribution in [0, 0.1) is 12.8 Å². The van der Waals surface area contributed by atoms with Gasteiger partial charge in [-0.2, -0.15) is 9.29 Å². The molecule has 11 heteroatoms. The summed E-state index contributed by atoms with van der Waals surface area (Å²) in [7, 11) is -3.71. The van der Waals surface area contributed by atoms with E-state index in [1.54, 1.807) is 42.8 Å². The molecule has 3 aromatic heterocycles. The Morgan fingerprint density at radius 3 is 2.97 bits per heavy atom. The van der Waals surface area contributed by atoms with E-state index in [1.165, 1.54) is 4.31 Å². The van der Waals surface area contributed by atoms with Crippen molar-refractivity contribution >= 4 is 33.1 Å². The number of carbonyl (C=O) groups is 1. The Bertz CT molecular complexity index is 1110. The first kappa shape index (κ1) is 19.7. The number of piperidine rings is 1. The first-order chi connectivity index (χ1) is 13.9. The lowest BCUT2D eigenvalue weighted by Gasteiger charge is -2.30. The Morgan fingerprint density at radius 1 is 1.38 bits per heavy atom. The first-order valence-electron chi connectivity index (χ1n) is 9.05. The summed E-state index contributed by atoms with van der Waals surface area (Å²) in [6.45, 7) is 2.18. The zero-order chi connectivity index (χ0) is 20.4. The molecule has 3 aromatic rings. The highest BCUT2D eigenvalue weighted by Crippen LogP contribution is 2.31. The molecule has 1 aliphatic heterocycles. The molecule has 0 bridgehead atoms. The molecule has 0 spiro atoms. The fourth-order valence-electron chi connectivity index (χ4n) is 3.15. The molecule has 0 unspecified atom stereocenters. The maximum Gasteiger partial charge on any atom is 0.252 e. The fourth-order valence-corrected chi connectivity index (χ4v) is 5.99. The second-order valence-corrected chi connectivity index (χ2v) is 9.77. The van der Waals surface area contributed by atoms with Gasteiger partial charge in [0.2, 0.25) is 17.6 Å². The monoisotopic (exact) mass is 433 g/mol. The van der Waals surface area contributed by atoms with E-state index in [0.29, 0.717) is 42.5 Å². The number of aromatic nitrogens is 3. The molecular weight excluding hydrogens is 414 g/mol. The summed E-state index contributed by atoms with van der Waals surface area (Å²) in [5, 5.41) is 8.26. The van der Waals surface area contributed by atoms with E-state index in [2.05, 4.69) is 20.4 Å². The first-order valence-corrected chi connectivity index (χ1v) is 11.4. The number of aryl methyl sites for hydroxylation is 1. The number of pyridine rings is 1. The summed E-state index contributed by atoms with van der Waals surface area (Å²) in [5.41, 5.74) is 0.590. The molecule has 0 saturated carbocycles. The van der Waals surface area contributed by atoms with Crippen molar-refractivity contribution in [3.63, 3.8) is 0 Å². The van der Waals surface area contributed by atoms with E-state index in [4.69, 9.17) is 4.52 Å². The second-order valence-electron chi connectivity index (χ2n) is 6.70. The van der Waals surface area contributed by atoms with Crippen molar-refractivity contribution in [2.45, 2.75) is 24.0 Å². The molecule has 29 heavy (non-hydrogen) atoms. The maximum atomic E-state index is 13.1. The van der Waals surface area contributed by atoms with Gasteiger partial charge < -0.3 is 9.84 Å². The minimum Gasteiger partial charge on any atom is -0.339 e. The van der Waals surface area contributed by atoms with Crippen molar-refractivity contribution in [3.05, 3.63) is 41.7 Å². The van der Waals surface area contributed by atoms with E-state index in [0.717, 1.165) is 11.3 Å². The van der Waals surface area contributed by atoms with Gasteiger partial charge in [-0.1, -0.05) is 11.2 Å². The van der Waals surface area contributed by atoms with Crippen LogP contribution in [0.4, 0.5) is 5.82 Å². The van der Waals surface area contributed by atoms with Crippen LogP contribution >= 0.6 is 11.3 Å². The molecule has 1 saturated heterocycles. The average molecular weight is 434 g/mol. The van der Waals surface area contributed by atoms with Crippen molar-refractivity contribution in [1.29, 1.82) is 0 Å². The van der Waals surface area contributed by atoms with Crippen LogP contribution in [0.15, 0.2) is 44.6 Å². The highest BCUT2D eigenvalue weighted by atomic mass is 32.2. The third-order valence-corrected chi connectivity index (χ3v) is 7.91. The predicted molar refractivity (Wildman–Crippen MR) is 107 cm³/mol. The van der Waals surface area contributed by atoms with E-state index in [1.807, 2.05) is 0 Å². The lowest BCUT2D eigenvalue weighted by Crippen LogP contribution is -2.43. The molecule has 0 aliphatic carbocycles. The number of sulfonamides is 1. The number of carbonyl (C=O) groups excluding carboxylic acids is 1. The van der Waals surface area contributed by atoms with Gasteiger partial charge in [-0.05, 0) is 31.0 Å². The Kier molecular flexibility index (Phi) is 5.43. The predicted octanol–water partition coefficient (Wildman–Crippen LogP) is 2.54. The average Bonchev–Trinajstić information content (AvgIpc) is 3.38. The number of rotatable bonds is 5. The van der Waals surface area contributed by atoms with Crippen LogP contribution in [-0.4, -0.2) is 46.8 Å². The second kappa shape index (κ2) is 8.01. The molecule has 1 aliphatic rings. The van der Waals surface area contributed by atoms with Crippen LogP contribution in [0.5, 0.6) is 0 Å². The molecular formula is C18H19N5O4S2. The highest BCUT2D eigenvalue weighted by molar-refractivity contribution is 7.91. The Morgan fingerprint density at radius 2 is 2.24 bits per heavy atom. The van der Waals surface area contributed by atoms with Gasteiger partial charge in [-0.25, -0.2) is 13.4 Å². The Balaban J connectivity index is 1.48. The zero-order valence-corrected chi connectivity index (χ0v) is 17.2. The minimum atomic E-state index is -3.71. The summed E-state index contributed by atoms with van der Waals surface area (Å²) >= 11 is 1.10. The van der Waals surface area contributed by atoms with E-state index in [9.17, 15) is 13.2 Å². The van der Waals surface area contributed by atoms with Crippen LogP contribution in [0.25, 0.3) is 11.4 Å². The summed E-state index contributed by atoms with van der Waals surface area (Å²) in [6.07, 6.45) is 2.83. The zero-order valence-electron chi connectivity index (χ0n) is 15.6. The maximum absolute atomic E-state index is 13.1. The quantitative estimate of drug-likeness (QED) is 0.657. The van der Waals surface area contributed by atoms with Crippen LogP contribution in [0.2, 0.25) is 0 Å². The third-order valence-electron chi connectivity index (χ3n) is 4.63. The number of nitrogens with one attached hydrogen (secondary N) is 1. The van der Waals surface area contributed by atoms with Gasteiger partial charge in [0.05, 0.1) is 5.92 Å². The summed E-state index contributed by atoms with van der Waals surface area (Å²) in [4.78, 5) is 20.8. The van der Waals surface area contributed by atoms with Gasteiger partial charge in [0.25, 0.3) is 10.0 Å². The molecule has 1 fully saturated rings. The summed E-state index contributed by atoms with van der Waals surface area (Å²) < 4.78 is 32.7. The normalized spacial score (nSPS) is 17.9. The molecule has 4 heterocycles. The number of amides is 1. The Labute approximate surface area is 171 Å². The number of hydrogen-bond donors (Lipinski definition) is 1. The van der Waals surface area contributed by atoms with E-state index >= 15 is 0 Å². The smallest absolute Gasteiger partial charge is 0.252 e. The van der Waals surface area contributed by atoms with Crippen molar-refractivity contribution < 1.29 is 17.7 Å². The molecule has 1 amide bonds. The van der Waals surface area contributed by atoms with Crippen LogP contribution in [-0.2, 0) is 14.8 Å². The SMILES string of the molecule is Cc1nc(-c2csc(S(=O)(=O)N3CCC[C@@H](C(=O)Nc4ccccn4)C3)c2)no1. The number of nitrogens with zero attached hydrogens (tertiary/aromatic N) is 4. The summed E-state index contributed by atoms with van der Waals surface area (Å²) in [6, 6.07) is 6.78. The van der Waals surface area contributed by atoms with Gasteiger partial charge in [-0.15, -0.1) is 11.3 Å². The fraction of sp³-hybridized carbons (Fsp3) is 0.333. The van der Waals surface area contributed by atoms with Gasteiger partial charge in [0.15, 0.2) is 0 Å². The molecule has 0 radical (unpaired) electrons. The largest absolute Gasteiger partial charge is 0.339 e. The van der Waals surface area contributed by atoms with Gasteiger partial charge in [0, 0.05) is 37.2 Å². The van der Waals surface area contributed by atoms with Crippen molar-refractivity contribution in [2.75, 3.05) is 18.4 Å². The van der Waals surface area contributed by atoms with Crippen LogP contribution in [0.3, 0.4) is 0 Å². The van der Waals surface area contributed by atoms with Gasteiger partial charge in [0.1, 0.15) is 10.0 Å². The van der Waals surface area contributed by atoms with Gasteiger partial charge >= 0.3 is 0 Å². The van der Waals surface area contributed by atoms with Crippen LogP contribution < -0.4 is 5.32 Å². The molecule has 1 atom stereocenters. The van der Waals surface area contributed by atoms with Gasteiger partial charge in [-0.3, -0.25) is 4.79 Å². The topological polar surface area (TPSA) is 118 Å². The third kappa shape index (κ3) is 4.21. The molecule has 9 nitrogen and oxygen atoms in total. The van der Waals surface area contributed by atoms with E-state index in [-0.39, 0.29) is 16.7 Å². The minimum absolute atomic E-state index is 0.134. The molecule has 152 valence electrons. The molecule has 4 rings (SSSR count). The number of hydrogen-bond acceptors (Lipinski definition) is 8. The number of anilines is 1. The van der Waals surface area contributed by atoms with Crippen LogP contribution in [0.1, 0.15) is 18.7 Å². The van der Waals surface area contributed by atoms with Crippen molar-refractivity contribution in [2.24, 2.45) is 5.92 Å². The standard InChI is InChI=1S/C18H19N5O4S2/c1-12-20-17(22-27-12)14-9-16(28-11-14)29(25,26)23-8-4-5-13(10-23)18(24)21-15-6-2-3-7-19-15/h2-3,6-7,9,11,13H,4-5,8,10H2,1H3,(H,19,21,24)/t13-/m1/s1. The Hall–Kier alpha value is -2.63. The molecule has 0 aromatic carbocycles. The highest BCUT2D eigenvalue weighted by Gasteiger charge is 2.34. The summed E-state index contributed by atoms with van der Waals surface area (Å²) in [5.74, 6) is 0.563. The van der Waals surface area contributed by atoms with Crippen molar-refractivity contribution in [1.82, 2.24) is 19.4 Å². The lowest BCUT2D eigenvalue weighted by atomic mass is 9.99. The van der Waals surface area contributed by atoms with Crippen molar-refractivity contribution in [3.8, 4) is 11.4 Å². The lowest BCUT2D eigenvalue weighted by molar-refractivity contribution is -0.120. The molecule has 1 N–H and O–H groups in total. The number of thiophene rings is 1. The van der Waals surface area contributed by atoms with E-state index < -0.39 is 15.9 Å².